The highest BCUT2D eigenvalue weighted by Crippen LogP contribution is 2.33. The van der Waals surface area contributed by atoms with E-state index in [0.29, 0.717) is 5.75 Å². The third kappa shape index (κ3) is 5.91. The third-order valence-electron chi connectivity index (χ3n) is 1.39. The summed E-state index contributed by atoms with van der Waals surface area (Å²) in [6.45, 7) is 0. The maximum Gasteiger partial charge on any atom is 0.0718 e. The van der Waals surface area contributed by atoms with Crippen LogP contribution in [0.15, 0.2) is 0 Å². The Morgan fingerprint density at radius 2 is 2.33 bits per heavy atom. The second kappa shape index (κ2) is 6.76. The van der Waals surface area contributed by atoms with Crippen molar-refractivity contribution in [3.8, 4) is 0 Å². The molecule has 0 bridgehead atoms. The minimum absolute atomic E-state index is 0.228. The monoisotopic (exact) mass is 242 g/mol. The Kier molecular flexibility index (Phi) is 6.44. The number of aliphatic hydroxyl groups is 1. The molecule has 2 unspecified atom stereocenters. The number of rotatable bonds is 7. The van der Waals surface area contributed by atoms with Gasteiger partial charge >= 0.3 is 0 Å². The van der Waals surface area contributed by atoms with Gasteiger partial charge in [0, 0.05) is 33.3 Å². The van der Waals surface area contributed by atoms with Gasteiger partial charge in [0.25, 0.3) is 0 Å². The maximum atomic E-state index is 9.17. The Morgan fingerprint density at radius 3 is 2.92 bits per heavy atom. The molecule has 1 N–H and O–H groups in total. The van der Waals surface area contributed by atoms with Crippen LogP contribution in [0.2, 0.25) is 0 Å². The molecule has 0 aromatic rings. The minimum atomic E-state index is -0.228. The lowest BCUT2D eigenvalue weighted by Crippen LogP contribution is -2.11. The van der Waals surface area contributed by atoms with Crippen LogP contribution in [-0.4, -0.2) is 44.6 Å². The first-order chi connectivity index (χ1) is 5.83. The SMILES string of the molecule is OC(CS)CSCSCC1CS1. The molecule has 1 aliphatic rings. The van der Waals surface area contributed by atoms with Gasteiger partial charge < -0.3 is 5.11 Å². The van der Waals surface area contributed by atoms with E-state index in [9.17, 15) is 0 Å². The predicted octanol–water partition coefficient (Wildman–Crippen LogP) is 1.82. The zero-order chi connectivity index (χ0) is 8.81. The fourth-order valence-electron chi connectivity index (χ4n) is 0.640. The molecule has 72 valence electrons. The van der Waals surface area contributed by atoms with Crippen LogP contribution in [-0.2, 0) is 0 Å². The normalized spacial score (nSPS) is 24.0. The van der Waals surface area contributed by atoms with Crippen molar-refractivity contribution in [1.29, 1.82) is 0 Å². The van der Waals surface area contributed by atoms with Crippen LogP contribution in [0.5, 0.6) is 0 Å². The summed E-state index contributed by atoms with van der Waals surface area (Å²) in [5.41, 5.74) is 0. The number of aliphatic hydroxyl groups excluding tert-OH is 1. The molecule has 0 radical (unpaired) electrons. The van der Waals surface area contributed by atoms with Crippen LogP contribution >= 0.6 is 47.9 Å². The molecule has 1 nitrogen and oxygen atoms in total. The van der Waals surface area contributed by atoms with Crippen molar-refractivity contribution in [2.45, 2.75) is 11.4 Å². The van der Waals surface area contributed by atoms with E-state index in [1.807, 2.05) is 35.3 Å². The zero-order valence-corrected chi connectivity index (χ0v) is 10.2. The molecule has 0 spiro atoms. The molecule has 1 saturated heterocycles. The molecule has 1 fully saturated rings. The molecule has 5 heteroatoms. The smallest absolute Gasteiger partial charge is 0.0718 e. The lowest BCUT2D eigenvalue weighted by molar-refractivity contribution is 0.225. The number of hydrogen-bond donors (Lipinski definition) is 2. The Labute approximate surface area is 92.2 Å². The highest BCUT2D eigenvalue weighted by Gasteiger charge is 2.21. The molecular weight excluding hydrogens is 228 g/mol. The summed E-state index contributed by atoms with van der Waals surface area (Å²) < 4.78 is 0. The van der Waals surface area contributed by atoms with E-state index in [4.69, 9.17) is 5.11 Å². The molecule has 0 saturated carbocycles. The third-order valence-corrected chi connectivity index (χ3v) is 5.59. The van der Waals surface area contributed by atoms with Gasteiger partial charge in [0.05, 0.1) is 6.10 Å². The Hall–Kier alpha value is 1.36. The first kappa shape index (κ1) is 11.4. The number of hydrogen-bond acceptors (Lipinski definition) is 5. The maximum absolute atomic E-state index is 9.17. The zero-order valence-electron chi connectivity index (χ0n) is 6.81. The predicted molar refractivity (Wildman–Crippen MR) is 65.9 cm³/mol. The average molecular weight is 242 g/mol. The van der Waals surface area contributed by atoms with E-state index in [1.165, 1.54) is 11.5 Å². The first-order valence-electron chi connectivity index (χ1n) is 3.89. The topological polar surface area (TPSA) is 20.2 Å². The number of thioether (sulfide) groups is 3. The quantitative estimate of drug-likeness (QED) is 0.307. The molecule has 0 aromatic heterocycles. The largest absolute Gasteiger partial charge is 0.391 e. The minimum Gasteiger partial charge on any atom is -0.391 e. The summed E-state index contributed by atoms with van der Waals surface area (Å²) in [5, 5.41) is 11.2. The van der Waals surface area contributed by atoms with Crippen LogP contribution in [0, 0.1) is 0 Å². The van der Waals surface area contributed by atoms with E-state index in [1.54, 1.807) is 0 Å². The molecule has 12 heavy (non-hydrogen) atoms. The lowest BCUT2D eigenvalue weighted by atomic mass is 10.5. The van der Waals surface area contributed by atoms with Crippen molar-refractivity contribution < 1.29 is 5.11 Å². The summed E-state index contributed by atoms with van der Waals surface area (Å²) in [7, 11) is 0. The molecule has 1 aliphatic heterocycles. The van der Waals surface area contributed by atoms with E-state index >= 15 is 0 Å². The van der Waals surface area contributed by atoms with Gasteiger partial charge in [0.2, 0.25) is 0 Å². The molecule has 2 atom stereocenters. The Bertz CT molecular complexity index is 118. The van der Waals surface area contributed by atoms with Crippen molar-refractivity contribution in [2.24, 2.45) is 0 Å². The van der Waals surface area contributed by atoms with Crippen molar-refractivity contribution in [3.05, 3.63) is 0 Å². The van der Waals surface area contributed by atoms with Crippen molar-refractivity contribution in [1.82, 2.24) is 0 Å². The second-order valence-corrected chi connectivity index (χ2v) is 6.78. The fourth-order valence-corrected chi connectivity index (χ4v) is 4.03. The van der Waals surface area contributed by atoms with Crippen LogP contribution in [0.1, 0.15) is 0 Å². The Balaban J connectivity index is 1.75. The first-order valence-corrected chi connectivity index (χ1v) is 7.88. The highest BCUT2D eigenvalue weighted by atomic mass is 32.2. The van der Waals surface area contributed by atoms with Gasteiger partial charge in [-0.2, -0.15) is 24.4 Å². The molecule has 0 aliphatic carbocycles. The van der Waals surface area contributed by atoms with Gasteiger partial charge in [0.1, 0.15) is 0 Å². The summed E-state index contributed by atoms with van der Waals surface area (Å²) in [4.78, 5) is 0. The van der Waals surface area contributed by atoms with Gasteiger partial charge in [-0.15, -0.1) is 23.5 Å². The van der Waals surface area contributed by atoms with E-state index < -0.39 is 0 Å². The number of thiol groups is 1. The summed E-state index contributed by atoms with van der Waals surface area (Å²) in [5.74, 6) is 4.05. The van der Waals surface area contributed by atoms with Crippen molar-refractivity contribution in [2.75, 3.05) is 28.1 Å². The summed E-state index contributed by atoms with van der Waals surface area (Å²) >= 11 is 9.85. The van der Waals surface area contributed by atoms with Crippen molar-refractivity contribution in [3.63, 3.8) is 0 Å². The summed E-state index contributed by atoms with van der Waals surface area (Å²) in [6.07, 6.45) is -0.228. The van der Waals surface area contributed by atoms with Crippen LogP contribution < -0.4 is 0 Å². The highest BCUT2D eigenvalue weighted by molar-refractivity contribution is 8.16. The van der Waals surface area contributed by atoms with Crippen LogP contribution in [0.4, 0.5) is 0 Å². The second-order valence-electron chi connectivity index (χ2n) is 2.65. The van der Waals surface area contributed by atoms with Gasteiger partial charge in [0.15, 0.2) is 0 Å². The van der Waals surface area contributed by atoms with E-state index in [-0.39, 0.29) is 6.10 Å². The fraction of sp³-hybridized carbons (Fsp3) is 1.00. The molecular formula is C7H14OS4. The summed E-state index contributed by atoms with van der Waals surface area (Å²) in [6, 6.07) is 0. The van der Waals surface area contributed by atoms with Crippen molar-refractivity contribution >= 4 is 47.9 Å². The van der Waals surface area contributed by atoms with E-state index in [2.05, 4.69) is 12.6 Å². The van der Waals surface area contributed by atoms with E-state index in [0.717, 1.165) is 16.1 Å². The van der Waals surface area contributed by atoms with Gasteiger partial charge in [-0.1, -0.05) is 0 Å². The molecule has 0 amide bonds. The van der Waals surface area contributed by atoms with Gasteiger partial charge in [-0.25, -0.2) is 0 Å². The lowest BCUT2D eigenvalue weighted by Gasteiger charge is -2.05. The van der Waals surface area contributed by atoms with Crippen LogP contribution in [0.25, 0.3) is 0 Å². The van der Waals surface area contributed by atoms with Gasteiger partial charge in [-0.3, -0.25) is 0 Å². The standard InChI is InChI=1S/C7H14OS4/c8-6(1-9)2-10-5-11-3-7-4-12-7/h6-9H,1-5H2. The van der Waals surface area contributed by atoms with Gasteiger partial charge in [-0.05, 0) is 0 Å². The van der Waals surface area contributed by atoms with Crippen LogP contribution in [0.3, 0.4) is 0 Å². The average Bonchev–Trinajstić information content (AvgIpc) is 2.87. The molecule has 1 heterocycles. The molecule has 0 aromatic carbocycles. The molecule has 1 rings (SSSR count). The Morgan fingerprint density at radius 1 is 1.58 bits per heavy atom.